The second-order valence-corrected chi connectivity index (χ2v) is 10.4. The van der Waals surface area contributed by atoms with Crippen molar-refractivity contribution in [1.29, 1.82) is 0 Å². The van der Waals surface area contributed by atoms with E-state index in [1.54, 1.807) is 19.2 Å². The van der Waals surface area contributed by atoms with Gasteiger partial charge in [-0.2, -0.15) is 10.2 Å². The van der Waals surface area contributed by atoms with Crippen molar-refractivity contribution in [2.45, 2.75) is 49.7 Å². The maximum Gasteiger partial charge on any atom is 0.270 e. The number of rotatable bonds is 6. The molecule has 3 aromatic rings. The van der Waals surface area contributed by atoms with Crippen molar-refractivity contribution >= 4 is 52.6 Å². The van der Waals surface area contributed by atoms with Crippen LogP contribution in [0.1, 0.15) is 54.8 Å². The summed E-state index contributed by atoms with van der Waals surface area (Å²) >= 11 is 11.9. The number of anilines is 2. The van der Waals surface area contributed by atoms with Gasteiger partial charge in [-0.15, -0.1) is 0 Å². The highest BCUT2D eigenvalue weighted by atomic mass is 35.5. The highest BCUT2D eigenvalue weighted by Gasteiger charge is 2.56. The minimum Gasteiger partial charge on any atom is -0.343 e. The van der Waals surface area contributed by atoms with Crippen LogP contribution in [0.5, 0.6) is 0 Å². The Bertz CT molecular complexity index is 1450. The first kappa shape index (κ1) is 23.8. The largest absolute Gasteiger partial charge is 0.343 e. The smallest absolute Gasteiger partial charge is 0.270 e. The molecule has 0 saturated heterocycles. The van der Waals surface area contributed by atoms with Crippen LogP contribution >= 0.6 is 23.2 Å². The van der Waals surface area contributed by atoms with Gasteiger partial charge in [0.05, 0.1) is 33.2 Å². The first-order chi connectivity index (χ1) is 17.7. The van der Waals surface area contributed by atoms with E-state index in [2.05, 4.69) is 25.8 Å². The third kappa shape index (κ3) is 3.75. The predicted octanol–water partition coefficient (Wildman–Crippen LogP) is 3.43. The van der Waals surface area contributed by atoms with Crippen LogP contribution < -0.4 is 15.5 Å². The van der Waals surface area contributed by atoms with Crippen molar-refractivity contribution < 1.29 is 18.8 Å². The van der Waals surface area contributed by atoms with E-state index < -0.39 is 34.8 Å². The molecule has 0 spiro atoms. The minimum absolute atomic E-state index is 0.117. The van der Waals surface area contributed by atoms with Crippen LogP contribution in [-0.2, 0) is 15.1 Å². The van der Waals surface area contributed by atoms with Crippen LogP contribution in [0.3, 0.4) is 0 Å². The first-order valence-corrected chi connectivity index (χ1v) is 12.4. The molecule has 1 aliphatic heterocycles. The molecule has 3 amide bonds. The summed E-state index contributed by atoms with van der Waals surface area (Å²) < 4.78 is 15.4. The summed E-state index contributed by atoms with van der Waals surface area (Å²) in [5.41, 5.74) is -0.591. The number of aromatic nitrogens is 4. The lowest BCUT2D eigenvalue weighted by atomic mass is 10.1. The molecule has 0 radical (unpaired) electrons. The van der Waals surface area contributed by atoms with Gasteiger partial charge in [0.15, 0.2) is 5.82 Å². The number of nitrogens with one attached hydrogen (secondary N) is 2. The Morgan fingerprint density at radius 1 is 1.14 bits per heavy atom. The number of halogens is 3. The summed E-state index contributed by atoms with van der Waals surface area (Å²) in [4.78, 5) is 45.1. The average molecular weight is 544 g/mol. The van der Waals surface area contributed by atoms with Crippen LogP contribution in [0.25, 0.3) is 0 Å². The Morgan fingerprint density at radius 2 is 1.84 bits per heavy atom. The van der Waals surface area contributed by atoms with E-state index in [4.69, 9.17) is 23.2 Å². The summed E-state index contributed by atoms with van der Waals surface area (Å²) in [5.74, 6) is -1.85. The van der Waals surface area contributed by atoms with Crippen molar-refractivity contribution in [3.63, 3.8) is 0 Å². The van der Waals surface area contributed by atoms with Gasteiger partial charge in [0.2, 0.25) is 11.9 Å². The fourth-order valence-corrected chi connectivity index (χ4v) is 5.13. The van der Waals surface area contributed by atoms with Gasteiger partial charge in [-0.05, 0) is 56.9 Å². The summed E-state index contributed by atoms with van der Waals surface area (Å²) in [6.45, 7) is 1.62. The number of carbonyl (C=O) groups is 3. The highest BCUT2D eigenvalue weighted by molar-refractivity contribution is 6.35. The molecular formula is C24H20Cl2FN7O3. The zero-order chi connectivity index (χ0) is 26.1. The zero-order valence-electron chi connectivity index (χ0n) is 19.5. The molecule has 0 bridgehead atoms. The number of imidazole rings is 1. The summed E-state index contributed by atoms with van der Waals surface area (Å²) in [5, 5.41) is 13.4. The molecule has 1 aromatic carbocycles. The third-order valence-electron chi connectivity index (χ3n) is 7.10. The zero-order valence-corrected chi connectivity index (χ0v) is 21.0. The van der Waals surface area contributed by atoms with Crippen LogP contribution in [0.2, 0.25) is 10.0 Å². The van der Waals surface area contributed by atoms with Crippen molar-refractivity contribution in [2.75, 3.05) is 4.90 Å². The molecule has 3 heterocycles. The lowest BCUT2D eigenvalue weighted by molar-refractivity contribution is -0.125. The maximum atomic E-state index is 13.9. The number of nitrogens with zero attached hydrogens (tertiary/aromatic N) is 5. The number of amides is 3. The Morgan fingerprint density at radius 3 is 2.43 bits per heavy atom. The monoisotopic (exact) mass is 543 g/mol. The Balaban J connectivity index is 1.24. The Labute approximate surface area is 220 Å². The molecule has 2 fully saturated rings. The van der Waals surface area contributed by atoms with Crippen molar-refractivity contribution in [2.24, 2.45) is 0 Å². The molecule has 190 valence electrons. The number of benzene rings is 1. The molecule has 13 heteroatoms. The van der Waals surface area contributed by atoms with Crippen LogP contribution in [0, 0.1) is 5.82 Å². The van der Waals surface area contributed by atoms with E-state index in [1.807, 2.05) is 6.07 Å². The quantitative estimate of drug-likeness (QED) is 0.459. The topological polar surface area (TPSA) is 122 Å². The molecule has 10 nitrogen and oxygen atoms in total. The van der Waals surface area contributed by atoms with Gasteiger partial charge >= 0.3 is 0 Å². The van der Waals surface area contributed by atoms with Crippen LogP contribution in [-0.4, -0.2) is 43.0 Å². The summed E-state index contributed by atoms with van der Waals surface area (Å²) in [6.07, 6.45) is 5.35. The molecule has 3 aliphatic rings. The average Bonchev–Trinajstić information content (AvgIpc) is 3.78. The van der Waals surface area contributed by atoms with E-state index in [9.17, 15) is 18.8 Å². The predicted molar refractivity (Wildman–Crippen MR) is 131 cm³/mol. The van der Waals surface area contributed by atoms with Gasteiger partial charge in [0.25, 0.3) is 11.8 Å². The van der Waals surface area contributed by atoms with Gasteiger partial charge in [-0.1, -0.05) is 23.2 Å². The number of fused-ring (bicyclic) bond motifs is 1. The van der Waals surface area contributed by atoms with E-state index in [1.165, 1.54) is 27.8 Å². The first-order valence-electron chi connectivity index (χ1n) is 11.6. The van der Waals surface area contributed by atoms with Gasteiger partial charge < -0.3 is 10.6 Å². The van der Waals surface area contributed by atoms with Gasteiger partial charge in [-0.25, -0.2) is 14.3 Å². The van der Waals surface area contributed by atoms with E-state index in [-0.39, 0.29) is 33.3 Å². The fourth-order valence-electron chi connectivity index (χ4n) is 4.66. The molecule has 37 heavy (non-hydrogen) atoms. The summed E-state index contributed by atoms with van der Waals surface area (Å²) in [7, 11) is 0. The lowest BCUT2D eigenvalue weighted by Crippen LogP contribution is -2.52. The van der Waals surface area contributed by atoms with Crippen molar-refractivity contribution in [3.05, 3.63) is 63.9 Å². The Hall–Kier alpha value is -3.57. The molecule has 1 atom stereocenters. The van der Waals surface area contributed by atoms with Crippen molar-refractivity contribution in [1.82, 2.24) is 30.4 Å². The molecule has 2 saturated carbocycles. The second kappa shape index (κ2) is 8.22. The third-order valence-corrected chi connectivity index (χ3v) is 7.65. The highest BCUT2D eigenvalue weighted by Crippen LogP contribution is 2.47. The van der Waals surface area contributed by atoms with Crippen molar-refractivity contribution in [3.8, 4) is 0 Å². The molecule has 6 rings (SSSR count). The number of hydrogen-bond donors (Lipinski definition) is 2. The van der Waals surface area contributed by atoms with Crippen LogP contribution in [0.4, 0.5) is 16.0 Å². The molecule has 2 aliphatic carbocycles. The lowest BCUT2D eigenvalue weighted by Gasteiger charge is -2.22. The van der Waals surface area contributed by atoms with Gasteiger partial charge in [0.1, 0.15) is 17.3 Å². The normalized spacial score (nSPS) is 20.4. The SMILES string of the molecule is C[C@H]1C(=O)N(c2cc(Cl)c(F)c(Cl)c2)c2ncc(C(=O)NC3(C(=O)NC4(c5cccnn5)CC4)CC3)n21. The minimum atomic E-state index is -1.05. The standard InChI is InChI=1S/C24H20Cl2FN7O3/c1-12-20(36)34(13-9-14(25)18(27)15(26)10-13)22-28-11-16(33(12)22)19(35)30-24(6-7-24)21(37)31-23(4-5-23)17-3-2-8-29-32-17/h2-3,8-12H,4-7H2,1H3,(H,30,35)(H,31,37)/t12-/m0/s1. The maximum absolute atomic E-state index is 13.9. The van der Waals surface area contributed by atoms with E-state index >= 15 is 0 Å². The van der Waals surface area contributed by atoms with Crippen LogP contribution in [0.15, 0.2) is 36.7 Å². The fraction of sp³-hybridized carbons (Fsp3) is 0.333. The van der Waals surface area contributed by atoms with E-state index in [0.29, 0.717) is 18.5 Å². The molecule has 2 N–H and O–H groups in total. The Kier molecular flexibility index (Phi) is 5.29. The van der Waals surface area contributed by atoms with Gasteiger partial charge in [0, 0.05) is 6.20 Å². The number of carbonyl (C=O) groups excluding carboxylic acids is 3. The molecule has 2 aromatic heterocycles. The van der Waals surface area contributed by atoms with Gasteiger partial charge in [-0.3, -0.25) is 19.0 Å². The summed E-state index contributed by atoms with van der Waals surface area (Å²) in [6, 6.07) is 5.34. The number of hydrogen-bond acceptors (Lipinski definition) is 6. The van der Waals surface area contributed by atoms with E-state index in [0.717, 1.165) is 12.8 Å². The second-order valence-electron chi connectivity index (χ2n) is 9.57. The molecule has 0 unspecified atom stereocenters. The molecular weight excluding hydrogens is 524 g/mol.